The number of carbonyl (C=O) groups is 1. The molecule has 1 aliphatic rings. The van der Waals surface area contributed by atoms with Crippen LogP contribution in [0.15, 0.2) is 10.9 Å². The SMILES string of the molecule is CC(=O)c1cc(OS(=O)(=O)C(F)(F)F)c(=O)n2c1CCC2. The molecule has 1 aromatic rings. The molecule has 1 aromatic heterocycles. The number of fused-ring (bicyclic) bond motifs is 1. The standard InChI is InChI=1S/C11H10F3NO5S/c1-6(16)7-5-9(20-21(18,19)11(12,13)14)10(17)15-4-2-3-8(7)15/h5H,2-4H2,1H3. The van der Waals surface area contributed by atoms with Gasteiger partial charge in [0.1, 0.15) is 0 Å². The van der Waals surface area contributed by atoms with E-state index in [9.17, 15) is 31.2 Å². The molecule has 0 spiro atoms. The Morgan fingerprint density at radius 3 is 2.52 bits per heavy atom. The molecular weight excluding hydrogens is 315 g/mol. The van der Waals surface area contributed by atoms with Crippen molar-refractivity contribution in [2.45, 2.75) is 31.8 Å². The van der Waals surface area contributed by atoms with Gasteiger partial charge in [-0.1, -0.05) is 0 Å². The fourth-order valence-electron chi connectivity index (χ4n) is 2.12. The monoisotopic (exact) mass is 325 g/mol. The summed E-state index contributed by atoms with van der Waals surface area (Å²) in [6.07, 6.45) is 0.946. The molecule has 0 unspecified atom stereocenters. The lowest BCUT2D eigenvalue weighted by Gasteiger charge is -2.13. The van der Waals surface area contributed by atoms with Crippen molar-refractivity contribution < 1.29 is 30.6 Å². The van der Waals surface area contributed by atoms with Gasteiger partial charge in [-0.15, -0.1) is 0 Å². The van der Waals surface area contributed by atoms with Crippen LogP contribution in [0.25, 0.3) is 0 Å². The highest BCUT2D eigenvalue weighted by molar-refractivity contribution is 7.87. The van der Waals surface area contributed by atoms with E-state index in [0.717, 1.165) is 10.6 Å². The Bertz CT molecular complexity index is 763. The minimum Gasteiger partial charge on any atom is -0.370 e. The molecule has 6 nitrogen and oxygen atoms in total. The van der Waals surface area contributed by atoms with Crippen LogP contribution in [0.2, 0.25) is 0 Å². The number of nitrogens with zero attached hydrogens (tertiary/aromatic N) is 1. The van der Waals surface area contributed by atoms with E-state index in [4.69, 9.17) is 0 Å². The lowest BCUT2D eigenvalue weighted by atomic mass is 10.1. The maximum Gasteiger partial charge on any atom is 0.534 e. The fraction of sp³-hybridized carbons (Fsp3) is 0.455. The number of pyridine rings is 1. The van der Waals surface area contributed by atoms with Crippen LogP contribution in [0.5, 0.6) is 5.75 Å². The highest BCUT2D eigenvalue weighted by atomic mass is 32.2. The molecular formula is C11H10F3NO5S. The molecule has 1 aliphatic heterocycles. The average molecular weight is 325 g/mol. The van der Waals surface area contributed by atoms with E-state index in [2.05, 4.69) is 4.18 Å². The first-order chi connectivity index (χ1) is 9.54. The Balaban J connectivity index is 2.60. The van der Waals surface area contributed by atoms with Gasteiger partial charge in [0, 0.05) is 23.9 Å². The largest absolute Gasteiger partial charge is 0.534 e. The van der Waals surface area contributed by atoms with Crippen LogP contribution in [0.1, 0.15) is 29.4 Å². The van der Waals surface area contributed by atoms with Crippen LogP contribution in [-0.4, -0.2) is 24.3 Å². The van der Waals surface area contributed by atoms with Crippen LogP contribution in [0, 0.1) is 0 Å². The molecule has 0 aliphatic carbocycles. The third-order valence-corrected chi connectivity index (χ3v) is 3.99. The van der Waals surface area contributed by atoms with E-state index in [1.165, 1.54) is 6.92 Å². The van der Waals surface area contributed by atoms with Crippen molar-refractivity contribution in [3.8, 4) is 5.75 Å². The van der Waals surface area contributed by atoms with Crippen molar-refractivity contribution in [1.29, 1.82) is 0 Å². The molecule has 2 heterocycles. The van der Waals surface area contributed by atoms with E-state index in [-0.39, 0.29) is 12.1 Å². The first-order valence-electron chi connectivity index (χ1n) is 5.83. The Labute approximate surface area is 117 Å². The third kappa shape index (κ3) is 2.67. The zero-order valence-electron chi connectivity index (χ0n) is 10.7. The van der Waals surface area contributed by atoms with Crippen molar-refractivity contribution in [2.75, 3.05) is 0 Å². The summed E-state index contributed by atoms with van der Waals surface area (Å²) in [6, 6.07) is 0.755. The second kappa shape index (κ2) is 4.86. The summed E-state index contributed by atoms with van der Waals surface area (Å²) < 4.78 is 63.8. The molecule has 0 N–H and O–H groups in total. The molecule has 0 saturated carbocycles. The summed E-state index contributed by atoms with van der Waals surface area (Å²) in [4.78, 5) is 23.4. The van der Waals surface area contributed by atoms with Gasteiger partial charge in [0.15, 0.2) is 5.78 Å². The highest BCUT2D eigenvalue weighted by Crippen LogP contribution is 2.27. The van der Waals surface area contributed by atoms with Crippen LogP contribution in [0.3, 0.4) is 0 Å². The molecule has 0 aromatic carbocycles. The summed E-state index contributed by atoms with van der Waals surface area (Å²) in [7, 11) is -5.96. The number of Topliss-reactive ketones (excluding diaryl/α,β-unsaturated/α-hetero) is 1. The summed E-state index contributed by atoms with van der Waals surface area (Å²) in [5.41, 5.74) is -6.29. The van der Waals surface area contributed by atoms with Crippen LogP contribution in [-0.2, 0) is 23.1 Å². The van der Waals surface area contributed by atoms with Crippen LogP contribution in [0.4, 0.5) is 13.2 Å². The molecule has 0 amide bonds. The van der Waals surface area contributed by atoms with Crippen molar-refractivity contribution in [3.63, 3.8) is 0 Å². The molecule has 0 atom stereocenters. The Morgan fingerprint density at radius 2 is 2.00 bits per heavy atom. The quantitative estimate of drug-likeness (QED) is 0.474. The second-order valence-corrected chi connectivity index (χ2v) is 6.01. The minimum absolute atomic E-state index is 0.0144. The van der Waals surface area contributed by atoms with Gasteiger partial charge < -0.3 is 8.75 Å². The maximum absolute atomic E-state index is 12.3. The number of hydrogen-bond acceptors (Lipinski definition) is 5. The van der Waals surface area contributed by atoms with E-state index in [1.54, 1.807) is 0 Å². The topological polar surface area (TPSA) is 82.4 Å². The van der Waals surface area contributed by atoms with E-state index >= 15 is 0 Å². The van der Waals surface area contributed by atoms with E-state index in [0.29, 0.717) is 18.5 Å². The van der Waals surface area contributed by atoms with E-state index < -0.39 is 32.7 Å². The molecule has 116 valence electrons. The summed E-state index contributed by atoms with van der Waals surface area (Å²) in [6.45, 7) is 1.36. The van der Waals surface area contributed by atoms with Gasteiger partial charge in [-0.3, -0.25) is 9.59 Å². The highest BCUT2D eigenvalue weighted by Gasteiger charge is 2.49. The Kier molecular flexibility index (Phi) is 3.60. The average Bonchev–Trinajstić information content (AvgIpc) is 2.80. The van der Waals surface area contributed by atoms with Gasteiger partial charge in [0.25, 0.3) is 5.56 Å². The second-order valence-electron chi connectivity index (χ2n) is 4.47. The number of ketones is 1. The Morgan fingerprint density at radius 1 is 1.38 bits per heavy atom. The van der Waals surface area contributed by atoms with Gasteiger partial charge in [-0.05, 0) is 19.8 Å². The summed E-state index contributed by atoms with van der Waals surface area (Å²) in [5, 5.41) is 0. The first-order valence-corrected chi connectivity index (χ1v) is 7.24. The number of aromatic nitrogens is 1. The molecule has 0 radical (unpaired) electrons. The van der Waals surface area contributed by atoms with Crippen molar-refractivity contribution in [1.82, 2.24) is 4.57 Å². The molecule has 21 heavy (non-hydrogen) atoms. The number of rotatable bonds is 3. The number of hydrogen-bond donors (Lipinski definition) is 0. The van der Waals surface area contributed by atoms with Gasteiger partial charge >= 0.3 is 15.6 Å². The fourth-order valence-corrected chi connectivity index (χ4v) is 2.57. The van der Waals surface area contributed by atoms with Gasteiger partial charge in [-0.25, -0.2) is 0 Å². The van der Waals surface area contributed by atoms with Gasteiger partial charge in [0.2, 0.25) is 5.75 Å². The third-order valence-electron chi connectivity index (χ3n) is 3.03. The van der Waals surface area contributed by atoms with Gasteiger partial charge in [0.05, 0.1) is 0 Å². The molecule has 0 bridgehead atoms. The maximum atomic E-state index is 12.3. The predicted molar refractivity (Wildman–Crippen MR) is 64.6 cm³/mol. The predicted octanol–water partition coefficient (Wildman–Crippen LogP) is 1.23. The molecule has 0 saturated heterocycles. The minimum atomic E-state index is -5.96. The molecule has 2 rings (SSSR count). The number of halogens is 3. The zero-order chi connectivity index (χ0) is 16.0. The summed E-state index contributed by atoms with van der Waals surface area (Å²) in [5.74, 6) is -1.52. The van der Waals surface area contributed by atoms with Crippen molar-refractivity contribution in [3.05, 3.63) is 27.7 Å². The summed E-state index contributed by atoms with van der Waals surface area (Å²) >= 11 is 0. The van der Waals surface area contributed by atoms with Crippen LogP contribution >= 0.6 is 0 Å². The van der Waals surface area contributed by atoms with E-state index in [1.807, 2.05) is 0 Å². The Hall–Kier alpha value is -1.84. The van der Waals surface area contributed by atoms with Crippen molar-refractivity contribution in [2.24, 2.45) is 0 Å². The lowest BCUT2D eigenvalue weighted by molar-refractivity contribution is -0.0500. The van der Waals surface area contributed by atoms with Crippen LogP contribution < -0.4 is 9.74 Å². The zero-order valence-corrected chi connectivity index (χ0v) is 11.5. The number of alkyl halides is 3. The normalized spacial score (nSPS) is 14.9. The number of carbonyl (C=O) groups excluding carboxylic acids is 1. The lowest BCUT2D eigenvalue weighted by Crippen LogP contribution is -2.32. The van der Waals surface area contributed by atoms with Gasteiger partial charge in [-0.2, -0.15) is 21.6 Å². The smallest absolute Gasteiger partial charge is 0.370 e. The molecule has 10 heteroatoms. The molecule has 0 fully saturated rings. The van der Waals surface area contributed by atoms with Crippen molar-refractivity contribution >= 4 is 15.9 Å². The first kappa shape index (κ1) is 15.5.